The molecule has 0 radical (unpaired) electrons. The fourth-order valence-corrected chi connectivity index (χ4v) is 6.25. The minimum Gasteiger partial charge on any atom is -0.309 e. The highest BCUT2D eigenvalue weighted by Gasteiger charge is 2.28. The number of nitrogens with zero attached hydrogens (tertiary/aromatic N) is 2. The Morgan fingerprint density at radius 2 is 1.86 bits per heavy atom. The first-order valence-electron chi connectivity index (χ1n) is 8.41. The van der Waals surface area contributed by atoms with E-state index in [-0.39, 0.29) is 0 Å². The fraction of sp³-hybridized carbons (Fsp3) is 0.263. The standard InChI is InChI=1S/C19H19BrF2N2O2S2/c1-12-19(27-9-8-23(2)3)15-10-13(20)4-6-17(15)24(12)28(25,26)18-7-5-14(21)11-16(18)22/h4-7,10-11H,8-9H2,1-3H3. The van der Waals surface area contributed by atoms with Crippen LogP contribution >= 0.6 is 27.7 Å². The molecule has 0 N–H and O–H groups in total. The molecular formula is C19H19BrF2N2O2S2. The largest absolute Gasteiger partial charge is 0.309 e. The molecule has 0 saturated heterocycles. The van der Waals surface area contributed by atoms with Crippen molar-refractivity contribution in [1.82, 2.24) is 8.87 Å². The molecule has 0 atom stereocenters. The van der Waals surface area contributed by atoms with Crippen LogP contribution in [0.4, 0.5) is 8.78 Å². The van der Waals surface area contributed by atoms with E-state index in [4.69, 9.17) is 0 Å². The van der Waals surface area contributed by atoms with Gasteiger partial charge in [0.25, 0.3) is 10.0 Å². The highest BCUT2D eigenvalue weighted by molar-refractivity contribution is 9.10. The number of fused-ring (bicyclic) bond motifs is 1. The Morgan fingerprint density at radius 3 is 2.50 bits per heavy atom. The van der Waals surface area contributed by atoms with E-state index in [0.717, 1.165) is 43.2 Å². The lowest BCUT2D eigenvalue weighted by atomic mass is 10.2. The Bertz CT molecular complexity index is 1140. The van der Waals surface area contributed by atoms with E-state index in [1.54, 1.807) is 30.8 Å². The molecule has 2 aromatic carbocycles. The van der Waals surface area contributed by atoms with Gasteiger partial charge in [-0.1, -0.05) is 15.9 Å². The minimum atomic E-state index is -4.24. The van der Waals surface area contributed by atoms with E-state index < -0.39 is 26.6 Å². The lowest BCUT2D eigenvalue weighted by Crippen LogP contribution is -2.16. The normalized spacial score (nSPS) is 12.2. The van der Waals surface area contributed by atoms with E-state index in [9.17, 15) is 17.2 Å². The highest BCUT2D eigenvalue weighted by Crippen LogP contribution is 2.38. The molecule has 0 fully saturated rings. The molecule has 150 valence electrons. The number of halogens is 3. The van der Waals surface area contributed by atoms with Gasteiger partial charge >= 0.3 is 0 Å². The van der Waals surface area contributed by atoms with Gasteiger partial charge in [0.15, 0.2) is 0 Å². The van der Waals surface area contributed by atoms with Gasteiger partial charge in [-0.3, -0.25) is 0 Å². The molecule has 0 bridgehead atoms. The number of benzene rings is 2. The first-order valence-corrected chi connectivity index (χ1v) is 11.6. The van der Waals surface area contributed by atoms with E-state index in [1.807, 2.05) is 25.1 Å². The SMILES string of the molecule is Cc1c(SCCN(C)C)c2cc(Br)ccc2n1S(=O)(=O)c1ccc(F)cc1F. The second-order valence-electron chi connectivity index (χ2n) is 6.57. The van der Waals surface area contributed by atoms with E-state index in [2.05, 4.69) is 15.9 Å². The molecule has 0 amide bonds. The summed E-state index contributed by atoms with van der Waals surface area (Å²) < 4.78 is 56.0. The zero-order valence-corrected chi connectivity index (χ0v) is 18.8. The molecule has 0 aliphatic rings. The molecule has 0 spiro atoms. The lowest BCUT2D eigenvalue weighted by Gasteiger charge is -2.12. The monoisotopic (exact) mass is 488 g/mol. The summed E-state index contributed by atoms with van der Waals surface area (Å²) >= 11 is 4.98. The van der Waals surface area contributed by atoms with Crippen LogP contribution in [0.2, 0.25) is 0 Å². The zero-order valence-electron chi connectivity index (χ0n) is 15.5. The van der Waals surface area contributed by atoms with Crippen LogP contribution in [0.15, 0.2) is 50.7 Å². The summed E-state index contributed by atoms with van der Waals surface area (Å²) in [6.45, 7) is 2.52. The van der Waals surface area contributed by atoms with E-state index >= 15 is 0 Å². The van der Waals surface area contributed by atoms with E-state index in [1.165, 1.54) is 0 Å². The van der Waals surface area contributed by atoms with Crippen LogP contribution in [-0.2, 0) is 10.0 Å². The predicted molar refractivity (Wildman–Crippen MR) is 113 cm³/mol. The molecule has 28 heavy (non-hydrogen) atoms. The van der Waals surface area contributed by atoms with Gasteiger partial charge in [0.05, 0.1) is 5.52 Å². The second kappa shape index (κ2) is 8.14. The van der Waals surface area contributed by atoms with Crippen molar-refractivity contribution in [3.8, 4) is 0 Å². The Balaban J connectivity index is 2.22. The van der Waals surface area contributed by atoms with Crippen molar-refractivity contribution in [3.63, 3.8) is 0 Å². The summed E-state index contributed by atoms with van der Waals surface area (Å²) in [6, 6.07) is 7.76. The summed E-state index contributed by atoms with van der Waals surface area (Å²) in [5, 5.41) is 0.765. The molecule has 0 aliphatic heterocycles. The van der Waals surface area contributed by atoms with Crippen molar-refractivity contribution >= 4 is 48.6 Å². The minimum absolute atomic E-state index is 0.455. The summed E-state index contributed by atoms with van der Waals surface area (Å²) in [5.74, 6) is -1.17. The number of hydrogen-bond acceptors (Lipinski definition) is 4. The second-order valence-corrected chi connectivity index (χ2v) is 10.3. The molecule has 0 unspecified atom stereocenters. The molecule has 4 nitrogen and oxygen atoms in total. The van der Waals surface area contributed by atoms with Gasteiger partial charge in [0, 0.05) is 38.8 Å². The van der Waals surface area contributed by atoms with E-state index in [0.29, 0.717) is 17.3 Å². The number of aromatic nitrogens is 1. The summed E-state index contributed by atoms with van der Waals surface area (Å²) in [5.41, 5.74) is 0.956. The average Bonchev–Trinajstić information content (AvgIpc) is 2.86. The average molecular weight is 489 g/mol. The fourth-order valence-electron chi connectivity index (χ4n) is 2.94. The molecular weight excluding hydrogens is 470 g/mol. The van der Waals surface area contributed by atoms with Gasteiger partial charge in [-0.15, -0.1) is 11.8 Å². The van der Waals surface area contributed by atoms with Gasteiger partial charge in [0.2, 0.25) is 0 Å². The first kappa shape index (κ1) is 21.3. The maximum atomic E-state index is 14.3. The third-order valence-corrected chi connectivity index (χ3v) is 7.77. The molecule has 1 heterocycles. The van der Waals surface area contributed by atoms with Crippen LogP contribution in [0.1, 0.15) is 5.69 Å². The molecule has 0 aliphatic carbocycles. The van der Waals surface area contributed by atoms with Crippen LogP contribution in [0.25, 0.3) is 10.9 Å². The first-order chi connectivity index (χ1) is 13.1. The van der Waals surface area contributed by atoms with Crippen LogP contribution in [0.5, 0.6) is 0 Å². The number of rotatable bonds is 6. The Labute approximate surface area is 175 Å². The van der Waals surface area contributed by atoms with Crippen molar-refractivity contribution in [1.29, 1.82) is 0 Å². The van der Waals surface area contributed by atoms with Crippen molar-refractivity contribution in [2.45, 2.75) is 16.7 Å². The van der Waals surface area contributed by atoms with Crippen molar-refractivity contribution in [2.24, 2.45) is 0 Å². The van der Waals surface area contributed by atoms with Crippen molar-refractivity contribution in [2.75, 3.05) is 26.4 Å². The summed E-state index contributed by atoms with van der Waals surface area (Å²) in [4.78, 5) is 2.31. The van der Waals surface area contributed by atoms with Crippen LogP contribution < -0.4 is 0 Å². The smallest absolute Gasteiger partial charge is 0.271 e. The van der Waals surface area contributed by atoms with Crippen LogP contribution in [0.3, 0.4) is 0 Å². The highest BCUT2D eigenvalue weighted by atomic mass is 79.9. The topological polar surface area (TPSA) is 42.3 Å². The lowest BCUT2D eigenvalue weighted by molar-refractivity contribution is 0.437. The molecule has 9 heteroatoms. The Morgan fingerprint density at radius 1 is 1.14 bits per heavy atom. The third-order valence-electron chi connectivity index (χ3n) is 4.25. The van der Waals surface area contributed by atoms with Crippen LogP contribution in [-0.4, -0.2) is 43.7 Å². The number of hydrogen-bond donors (Lipinski definition) is 0. The summed E-state index contributed by atoms with van der Waals surface area (Å²) in [6.07, 6.45) is 0. The Hall–Kier alpha value is -1.42. The quantitative estimate of drug-likeness (QED) is 0.463. The van der Waals surface area contributed by atoms with Gasteiger partial charge < -0.3 is 4.90 Å². The van der Waals surface area contributed by atoms with Gasteiger partial charge in [-0.25, -0.2) is 21.2 Å². The molecule has 3 aromatic rings. The van der Waals surface area contributed by atoms with Gasteiger partial charge in [0.1, 0.15) is 16.5 Å². The molecule has 1 aromatic heterocycles. The third kappa shape index (κ3) is 3.98. The van der Waals surface area contributed by atoms with Gasteiger partial charge in [-0.2, -0.15) is 0 Å². The maximum absolute atomic E-state index is 14.3. The zero-order chi connectivity index (χ0) is 20.6. The van der Waals surface area contributed by atoms with Gasteiger partial charge in [-0.05, 0) is 51.4 Å². The maximum Gasteiger partial charge on any atom is 0.271 e. The van der Waals surface area contributed by atoms with Crippen molar-refractivity contribution in [3.05, 3.63) is 58.2 Å². The number of thioether (sulfide) groups is 1. The summed E-state index contributed by atoms with van der Waals surface area (Å²) in [7, 11) is -0.306. The van der Waals surface area contributed by atoms with Crippen molar-refractivity contribution < 1.29 is 17.2 Å². The Kier molecular flexibility index (Phi) is 6.19. The predicted octanol–water partition coefficient (Wildman–Crippen LogP) is 4.88. The molecule has 0 saturated carbocycles. The van der Waals surface area contributed by atoms with Crippen LogP contribution in [0, 0.1) is 18.6 Å². The molecule has 3 rings (SSSR count).